The van der Waals surface area contributed by atoms with Crippen LogP contribution in [0.2, 0.25) is 6.55 Å². The normalized spacial score (nSPS) is 12.0. The second kappa shape index (κ2) is 5.62. The van der Waals surface area contributed by atoms with Crippen LogP contribution in [0.3, 0.4) is 0 Å². The summed E-state index contributed by atoms with van der Waals surface area (Å²) in [6.45, 7) is 9.03. The van der Waals surface area contributed by atoms with E-state index in [4.69, 9.17) is 0 Å². The Hall–Kier alpha value is -1.54. The SMILES string of the molecule is C[SiH2]c1ccc(Nc2ccc(C(C)(C)C)cc2)cc1. The van der Waals surface area contributed by atoms with Crippen LogP contribution in [0.15, 0.2) is 48.5 Å². The molecule has 0 fully saturated rings. The third-order valence-corrected chi connectivity index (χ3v) is 4.69. The Morgan fingerprint density at radius 3 is 1.68 bits per heavy atom. The molecule has 0 atom stereocenters. The van der Waals surface area contributed by atoms with Crippen molar-refractivity contribution in [2.24, 2.45) is 0 Å². The Labute approximate surface area is 118 Å². The summed E-state index contributed by atoms with van der Waals surface area (Å²) < 4.78 is 0. The molecule has 1 nitrogen and oxygen atoms in total. The van der Waals surface area contributed by atoms with Crippen molar-refractivity contribution < 1.29 is 0 Å². The Bertz CT molecular complexity index is 521. The molecule has 2 rings (SSSR count). The van der Waals surface area contributed by atoms with E-state index in [1.807, 2.05) is 0 Å². The fraction of sp³-hybridized carbons (Fsp3) is 0.294. The number of hydrogen-bond acceptors (Lipinski definition) is 1. The highest BCUT2D eigenvalue weighted by Crippen LogP contribution is 2.24. The predicted molar refractivity (Wildman–Crippen MR) is 88.9 cm³/mol. The highest BCUT2D eigenvalue weighted by Gasteiger charge is 2.12. The first-order valence-corrected chi connectivity index (χ1v) is 9.07. The van der Waals surface area contributed by atoms with Crippen molar-refractivity contribution in [3.05, 3.63) is 54.1 Å². The number of benzene rings is 2. The van der Waals surface area contributed by atoms with Crippen LogP contribution in [0.1, 0.15) is 26.3 Å². The fourth-order valence-corrected chi connectivity index (χ4v) is 2.75. The van der Waals surface area contributed by atoms with E-state index in [2.05, 4.69) is 81.2 Å². The quantitative estimate of drug-likeness (QED) is 0.840. The smallest absolute Gasteiger partial charge is 0.0517 e. The molecular formula is C17H23NSi. The Kier molecular flexibility index (Phi) is 4.10. The van der Waals surface area contributed by atoms with Gasteiger partial charge in [0.05, 0.1) is 9.52 Å². The third-order valence-electron chi connectivity index (χ3n) is 3.40. The van der Waals surface area contributed by atoms with E-state index in [1.54, 1.807) is 0 Å². The molecule has 0 aromatic heterocycles. The van der Waals surface area contributed by atoms with Crippen molar-refractivity contribution in [3.8, 4) is 0 Å². The maximum Gasteiger partial charge on any atom is 0.0517 e. The second-order valence-electron chi connectivity index (χ2n) is 6.00. The summed E-state index contributed by atoms with van der Waals surface area (Å²) >= 11 is 0. The number of nitrogens with one attached hydrogen (secondary N) is 1. The molecule has 2 aromatic carbocycles. The Morgan fingerprint density at radius 2 is 1.26 bits per heavy atom. The molecule has 2 heteroatoms. The average molecular weight is 269 g/mol. The highest BCUT2D eigenvalue weighted by atomic mass is 28.2. The van der Waals surface area contributed by atoms with E-state index in [0.717, 1.165) is 11.4 Å². The minimum Gasteiger partial charge on any atom is -0.356 e. The van der Waals surface area contributed by atoms with Gasteiger partial charge in [0.1, 0.15) is 0 Å². The average Bonchev–Trinajstić information content (AvgIpc) is 2.39. The predicted octanol–water partition coefficient (Wildman–Crippen LogP) is 3.57. The first-order chi connectivity index (χ1) is 8.99. The molecule has 0 aliphatic heterocycles. The zero-order valence-corrected chi connectivity index (χ0v) is 13.7. The van der Waals surface area contributed by atoms with Gasteiger partial charge in [0.15, 0.2) is 0 Å². The van der Waals surface area contributed by atoms with Crippen LogP contribution in [0.25, 0.3) is 0 Å². The van der Waals surface area contributed by atoms with Crippen molar-refractivity contribution in [2.45, 2.75) is 32.7 Å². The van der Waals surface area contributed by atoms with Crippen LogP contribution in [-0.4, -0.2) is 9.52 Å². The Morgan fingerprint density at radius 1 is 0.789 bits per heavy atom. The maximum absolute atomic E-state index is 3.45. The third kappa shape index (κ3) is 3.71. The molecule has 2 aromatic rings. The van der Waals surface area contributed by atoms with E-state index in [9.17, 15) is 0 Å². The standard InChI is InChI=1S/C17H23NSi/c1-17(2,3)13-5-7-14(8-6-13)18-15-9-11-16(19-4)12-10-15/h5-12,18H,19H2,1-4H3. The minimum absolute atomic E-state index is 0.0441. The van der Waals surface area contributed by atoms with Crippen molar-refractivity contribution in [3.63, 3.8) is 0 Å². The van der Waals surface area contributed by atoms with Crippen LogP contribution in [0.4, 0.5) is 11.4 Å². The van der Waals surface area contributed by atoms with Gasteiger partial charge in [-0.05, 0) is 35.2 Å². The van der Waals surface area contributed by atoms with E-state index in [1.165, 1.54) is 10.8 Å². The topological polar surface area (TPSA) is 12.0 Å². The van der Waals surface area contributed by atoms with Crippen molar-refractivity contribution in [1.29, 1.82) is 0 Å². The molecule has 0 unspecified atom stereocenters. The lowest BCUT2D eigenvalue weighted by Gasteiger charge is -2.19. The summed E-state index contributed by atoms with van der Waals surface area (Å²) in [6.07, 6.45) is 0. The molecule has 0 amide bonds. The summed E-state index contributed by atoms with van der Waals surface area (Å²) in [5, 5.41) is 4.96. The summed E-state index contributed by atoms with van der Waals surface area (Å²) in [7, 11) is -0.0441. The van der Waals surface area contributed by atoms with Gasteiger partial charge in [-0.15, -0.1) is 0 Å². The molecule has 0 saturated heterocycles. The van der Waals surface area contributed by atoms with Gasteiger partial charge in [0.25, 0.3) is 0 Å². The summed E-state index contributed by atoms with van der Waals surface area (Å²) in [5.74, 6) is 0. The van der Waals surface area contributed by atoms with Crippen LogP contribution in [0, 0.1) is 0 Å². The number of hydrogen-bond donors (Lipinski definition) is 1. The van der Waals surface area contributed by atoms with Gasteiger partial charge in [-0.1, -0.05) is 56.8 Å². The van der Waals surface area contributed by atoms with Crippen molar-refractivity contribution >= 4 is 26.1 Å². The Balaban J connectivity index is 2.10. The van der Waals surface area contributed by atoms with Gasteiger partial charge in [-0.3, -0.25) is 0 Å². The van der Waals surface area contributed by atoms with Gasteiger partial charge in [0, 0.05) is 11.4 Å². The molecule has 0 aliphatic carbocycles. The van der Waals surface area contributed by atoms with Gasteiger partial charge in [-0.2, -0.15) is 0 Å². The molecule has 100 valence electrons. The molecule has 0 radical (unpaired) electrons. The van der Waals surface area contributed by atoms with Gasteiger partial charge in [0.2, 0.25) is 0 Å². The summed E-state index contributed by atoms with van der Waals surface area (Å²) in [4.78, 5) is 0. The first-order valence-electron chi connectivity index (χ1n) is 6.95. The molecule has 0 spiro atoms. The molecule has 0 heterocycles. The fourth-order valence-electron chi connectivity index (χ4n) is 2.04. The summed E-state index contributed by atoms with van der Waals surface area (Å²) in [5.41, 5.74) is 3.89. The minimum atomic E-state index is -0.0441. The molecule has 19 heavy (non-hydrogen) atoms. The maximum atomic E-state index is 3.45. The lowest BCUT2D eigenvalue weighted by molar-refractivity contribution is 0.590. The second-order valence-corrected chi connectivity index (χ2v) is 7.53. The van der Waals surface area contributed by atoms with Gasteiger partial charge < -0.3 is 5.32 Å². The van der Waals surface area contributed by atoms with Gasteiger partial charge >= 0.3 is 0 Å². The number of rotatable bonds is 3. The monoisotopic (exact) mass is 269 g/mol. The largest absolute Gasteiger partial charge is 0.356 e. The van der Waals surface area contributed by atoms with Crippen molar-refractivity contribution in [2.75, 3.05) is 5.32 Å². The van der Waals surface area contributed by atoms with Crippen molar-refractivity contribution in [1.82, 2.24) is 0 Å². The zero-order valence-electron chi connectivity index (χ0n) is 12.3. The van der Waals surface area contributed by atoms with Crippen LogP contribution >= 0.6 is 0 Å². The lowest BCUT2D eigenvalue weighted by atomic mass is 9.87. The van der Waals surface area contributed by atoms with E-state index in [0.29, 0.717) is 0 Å². The molecule has 0 saturated carbocycles. The summed E-state index contributed by atoms with van der Waals surface area (Å²) in [6, 6.07) is 17.5. The molecular weight excluding hydrogens is 246 g/mol. The number of anilines is 2. The highest BCUT2D eigenvalue weighted by molar-refractivity contribution is 6.51. The zero-order chi connectivity index (χ0) is 13.9. The molecule has 0 bridgehead atoms. The van der Waals surface area contributed by atoms with Crippen LogP contribution in [-0.2, 0) is 5.41 Å². The van der Waals surface area contributed by atoms with E-state index in [-0.39, 0.29) is 14.9 Å². The van der Waals surface area contributed by atoms with E-state index >= 15 is 0 Å². The molecule has 0 aliphatic rings. The molecule has 1 N–H and O–H groups in total. The van der Waals surface area contributed by atoms with E-state index < -0.39 is 0 Å². The first kappa shape index (κ1) is 13.9. The van der Waals surface area contributed by atoms with Crippen LogP contribution in [0.5, 0.6) is 0 Å². The van der Waals surface area contributed by atoms with Crippen LogP contribution < -0.4 is 10.5 Å². The lowest BCUT2D eigenvalue weighted by Crippen LogP contribution is -2.10. The van der Waals surface area contributed by atoms with Gasteiger partial charge in [-0.25, -0.2) is 0 Å².